The molecule has 1 saturated carbocycles. The predicted molar refractivity (Wildman–Crippen MR) is 81.6 cm³/mol. The number of nitrogens with zero attached hydrogens (tertiary/aromatic N) is 2. The van der Waals surface area contributed by atoms with E-state index in [0.717, 1.165) is 22.6 Å². The average Bonchev–Trinajstić information content (AvgIpc) is 2.92. The molecule has 0 saturated heterocycles. The van der Waals surface area contributed by atoms with Gasteiger partial charge in [0.1, 0.15) is 10.6 Å². The fourth-order valence-corrected chi connectivity index (χ4v) is 3.78. The molecule has 0 amide bonds. The summed E-state index contributed by atoms with van der Waals surface area (Å²) in [6.07, 6.45) is 5.28. The Kier molecular flexibility index (Phi) is 3.09. The molecule has 3 N–H and O–H groups in total. The summed E-state index contributed by atoms with van der Waals surface area (Å²) in [6.45, 7) is 5.41. The fourth-order valence-electron chi connectivity index (χ4n) is 2.90. The first kappa shape index (κ1) is 12.7. The highest BCUT2D eigenvalue weighted by molar-refractivity contribution is 7.18. The number of nitrogens with one attached hydrogen (secondary N) is 1. The van der Waals surface area contributed by atoms with E-state index in [9.17, 15) is 0 Å². The first-order valence-electron chi connectivity index (χ1n) is 6.83. The number of fused-ring (bicyclic) bond motifs is 1. The van der Waals surface area contributed by atoms with Gasteiger partial charge in [-0.3, -0.25) is 0 Å². The molecule has 102 valence electrons. The summed E-state index contributed by atoms with van der Waals surface area (Å²) < 4.78 is 0. The lowest BCUT2D eigenvalue weighted by atomic mass is 9.89. The number of hydrogen-bond acceptors (Lipinski definition) is 5. The van der Waals surface area contributed by atoms with E-state index in [-0.39, 0.29) is 0 Å². The van der Waals surface area contributed by atoms with Gasteiger partial charge in [0.15, 0.2) is 0 Å². The van der Waals surface area contributed by atoms with Crippen molar-refractivity contribution in [2.75, 3.05) is 17.6 Å². The highest BCUT2D eigenvalue weighted by atomic mass is 32.1. The van der Waals surface area contributed by atoms with Crippen LogP contribution in [0.4, 0.5) is 11.8 Å². The molecule has 1 aliphatic carbocycles. The van der Waals surface area contributed by atoms with Gasteiger partial charge in [-0.05, 0) is 31.2 Å². The van der Waals surface area contributed by atoms with Crippen LogP contribution in [-0.4, -0.2) is 16.5 Å². The minimum atomic E-state index is 0.355. The van der Waals surface area contributed by atoms with Crippen molar-refractivity contribution in [1.82, 2.24) is 9.97 Å². The Labute approximate surface area is 117 Å². The summed E-state index contributed by atoms with van der Waals surface area (Å²) in [5.41, 5.74) is 6.19. The van der Waals surface area contributed by atoms with Crippen LogP contribution in [0.1, 0.15) is 37.5 Å². The smallest absolute Gasteiger partial charge is 0.223 e. The minimum Gasteiger partial charge on any atom is -0.369 e. The fraction of sp³-hybridized carbons (Fsp3) is 0.571. The molecule has 19 heavy (non-hydrogen) atoms. The molecule has 0 atom stereocenters. The third-order valence-corrected chi connectivity index (χ3v) is 4.97. The topological polar surface area (TPSA) is 63.8 Å². The quantitative estimate of drug-likeness (QED) is 0.899. The normalized spacial score (nSPS) is 18.0. The van der Waals surface area contributed by atoms with Crippen molar-refractivity contribution < 1.29 is 0 Å². The molecule has 2 aromatic heterocycles. The van der Waals surface area contributed by atoms with Gasteiger partial charge in [0, 0.05) is 11.4 Å². The van der Waals surface area contributed by atoms with Crippen molar-refractivity contribution in [2.24, 2.45) is 5.41 Å². The molecule has 1 fully saturated rings. The molecule has 0 bridgehead atoms. The van der Waals surface area contributed by atoms with Crippen LogP contribution in [0, 0.1) is 12.3 Å². The van der Waals surface area contributed by atoms with Crippen LogP contribution in [0.15, 0.2) is 6.07 Å². The largest absolute Gasteiger partial charge is 0.369 e. The number of aryl methyl sites for hydroxylation is 1. The molecule has 0 unspecified atom stereocenters. The molecule has 5 heteroatoms. The average molecular weight is 276 g/mol. The van der Waals surface area contributed by atoms with Gasteiger partial charge in [0.25, 0.3) is 0 Å². The highest BCUT2D eigenvalue weighted by Gasteiger charge is 2.28. The zero-order valence-corrected chi connectivity index (χ0v) is 12.3. The molecular weight excluding hydrogens is 256 g/mol. The third kappa shape index (κ3) is 2.52. The molecule has 0 spiro atoms. The van der Waals surface area contributed by atoms with E-state index >= 15 is 0 Å². The molecule has 2 heterocycles. The predicted octanol–water partition coefficient (Wildman–Crippen LogP) is 3.57. The zero-order valence-electron chi connectivity index (χ0n) is 11.5. The lowest BCUT2D eigenvalue weighted by molar-refractivity contribution is 0.362. The number of anilines is 2. The monoisotopic (exact) mass is 276 g/mol. The number of nitrogen functional groups attached to an aromatic ring is 1. The van der Waals surface area contributed by atoms with Gasteiger partial charge in [0.2, 0.25) is 5.95 Å². The molecule has 0 aliphatic heterocycles. The highest BCUT2D eigenvalue weighted by Crippen LogP contribution is 2.38. The molecular formula is C14H20N4S. The number of rotatable bonds is 3. The number of thiophene rings is 1. The van der Waals surface area contributed by atoms with Crippen molar-refractivity contribution in [3.8, 4) is 0 Å². The van der Waals surface area contributed by atoms with E-state index in [2.05, 4.69) is 35.2 Å². The molecule has 4 nitrogen and oxygen atoms in total. The Hall–Kier alpha value is -1.36. The van der Waals surface area contributed by atoms with Crippen LogP contribution in [-0.2, 0) is 0 Å². The van der Waals surface area contributed by atoms with E-state index in [1.807, 2.05) is 0 Å². The Morgan fingerprint density at radius 2 is 2.11 bits per heavy atom. The van der Waals surface area contributed by atoms with Gasteiger partial charge < -0.3 is 11.1 Å². The van der Waals surface area contributed by atoms with Crippen molar-refractivity contribution in [2.45, 2.75) is 39.5 Å². The molecule has 3 rings (SSSR count). The molecule has 2 aromatic rings. The molecule has 0 aromatic carbocycles. The van der Waals surface area contributed by atoms with Crippen LogP contribution in [0.25, 0.3) is 10.2 Å². The van der Waals surface area contributed by atoms with E-state index < -0.39 is 0 Å². The summed E-state index contributed by atoms with van der Waals surface area (Å²) in [5.74, 6) is 1.24. The van der Waals surface area contributed by atoms with E-state index in [1.165, 1.54) is 30.6 Å². The summed E-state index contributed by atoms with van der Waals surface area (Å²) in [6, 6.07) is 2.14. The maximum atomic E-state index is 5.80. The van der Waals surface area contributed by atoms with E-state index in [1.54, 1.807) is 11.3 Å². The first-order chi connectivity index (χ1) is 9.06. The van der Waals surface area contributed by atoms with Crippen LogP contribution in [0.2, 0.25) is 0 Å². The third-order valence-electron chi connectivity index (χ3n) is 4.03. The van der Waals surface area contributed by atoms with Crippen molar-refractivity contribution in [3.63, 3.8) is 0 Å². The van der Waals surface area contributed by atoms with Crippen molar-refractivity contribution in [3.05, 3.63) is 10.9 Å². The molecule has 0 radical (unpaired) electrons. The second kappa shape index (κ2) is 4.63. The zero-order chi connectivity index (χ0) is 13.5. The SMILES string of the molecule is Cc1cc2c(NCC3(C)CCCC3)nc(N)nc2s1. The standard InChI is InChI=1S/C14H20N4S/c1-9-7-10-11(17-13(15)18-12(10)19-9)16-8-14(2)5-3-4-6-14/h7H,3-6,8H2,1-2H3,(H3,15,16,17,18). The number of nitrogens with two attached hydrogens (primary N) is 1. The van der Waals surface area contributed by atoms with Crippen LogP contribution in [0.5, 0.6) is 0 Å². The van der Waals surface area contributed by atoms with Gasteiger partial charge in [-0.15, -0.1) is 11.3 Å². The summed E-state index contributed by atoms with van der Waals surface area (Å²) in [5, 5.41) is 4.60. The Morgan fingerprint density at radius 3 is 2.84 bits per heavy atom. The van der Waals surface area contributed by atoms with Crippen molar-refractivity contribution >= 4 is 33.3 Å². The second-order valence-electron chi connectivity index (χ2n) is 5.88. The minimum absolute atomic E-state index is 0.355. The summed E-state index contributed by atoms with van der Waals surface area (Å²) in [4.78, 5) is 10.9. The van der Waals surface area contributed by atoms with Crippen LogP contribution >= 0.6 is 11.3 Å². The van der Waals surface area contributed by atoms with E-state index in [0.29, 0.717) is 11.4 Å². The second-order valence-corrected chi connectivity index (χ2v) is 7.11. The maximum absolute atomic E-state index is 5.80. The van der Waals surface area contributed by atoms with Gasteiger partial charge in [-0.25, -0.2) is 4.98 Å². The van der Waals surface area contributed by atoms with Gasteiger partial charge >= 0.3 is 0 Å². The van der Waals surface area contributed by atoms with Crippen molar-refractivity contribution in [1.29, 1.82) is 0 Å². The lowest BCUT2D eigenvalue weighted by Gasteiger charge is -2.24. The number of aromatic nitrogens is 2. The lowest BCUT2D eigenvalue weighted by Crippen LogP contribution is -2.23. The summed E-state index contributed by atoms with van der Waals surface area (Å²) >= 11 is 1.67. The number of hydrogen-bond donors (Lipinski definition) is 2. The Morgan fingerprint density at radius 1 is 1.37 bits per heavy atom. The first-order valence-corrected chi connectivity index (χ1v) is 7.65. The maximum Gasteiger partial charge on any atom is 0.223 e. The Balaban J connectivity index is 1.87. The molecule has 1 aliphatic rings. The van der Waals surface area contributed by atoms with Gasteiger partial charge in [-0.2, -0.15) is 4.98 Å². The van der Waals surface area contributed by atoms with E-state index in [4.69, 9.17) is 5.73 Å². The summed E-state index contributed by atoms with van der Waals surface area (Å²) in [7, 11) is 0. The van der Waals surface area contributed by atoms with Crippen LogP contribution in [0.3, 0.4) is 0 Å². The Bertz CT molecular complexity index is 599. The van der Waals surface area contributed by atoms with Gasteiger partial charge in [-0.1, -0.05) is 19.8 Å². The van der Waals surface area contributed by atoms with Crippen LogP contribution < -0.4 is 11.1 Å². The van der Waals surface area contributed by atoms with Gasteiger partial charge in [0.05, 0.1) is 5.39 Å².